The molecule has 0 saturated heterocycles. The molecule has 0 saturated carbocycles. The number of amides is 2. The molecule has 5 rings (SSSR count). The number of nitrogens with one attached hydrogen (secondary N) is 2. The van der Waals surface area contributed by atoms with E-state index in [0.29, 0.717) is 46.9 Å². The Bertz CT molecular complexity index is 1470. The van der Waals surface area contributed by atoms with Gasteiger partial charge < -0.3 is 14.5 Å². The first-order chi connectivity index (χ1) is 18.0. The van der Waals surface area contributed by atoms with Crippen molar-refractivity contribution in [3.8, 4) is 11.5 Å². The zero-order valence-corrected chi connectivity index (χ0v) is 20.7. The lowest BCUT2D eigenvalue weighted by Gasteiger charge is -2.13. The van der Waals surface area contributed by atoms with Crippen LogP contribution in [0.3, 0.4) is 0 Å². The lowest BCUT2D eigenvalue weighted by Crippen LogP contribution is -2.22. The fourth-order valence-electron chi connectivity index (χ4n) is 4.38. The SMILES string of the molecule is Cc1cccc(C(=O)N/N=C2\CCCc3oc(C(=O)Nc4ccc(Oc5ccccc5)cc4)c(C)c32)c1. The summed E-state index contributed by atoms with van der Waals surface area (Å²) >= 11 is 0. The Balaban J connectivity index is 1.29. The van der Waals surface area contributed by atoms with Gasteiger partial charge in [-0.1, -0.05) is 35.9 Å². The third-order valence-corrected chi connectivity index (χ3v) is 6.20. The molecule has 1 aliphatic rings. The molecule has 1 aromatic heterocycles. The molecular weight excluding hydrogens is 466 g/mol. The number of ether oxygens (including phenoxy) is 1. The van der Waals surface area contributed by atoms with Crippen LogP contribution in [0, 0.1) is 13.8 Å². The highest BCUT2D eigenvalue weighted by Gasteiger charge is 2.28. The highest BCUT2D eigenvalue weighted by molar-refractivity contribution is 6.09. The van der Waals surface area contributed by atoms with Crippen LogP contribution >= 0.6 is 0 Å². The van der Waals surface area contributed by atoms with Crippen molar-refractivity contribution in [1.82, 2.24) is 5.43 Å². The van der Waals surface area contributed by atoms with E-state index in [2.05, 4.69) is 15.8 Å². The van der Waals surface area contributed by atoms with Crippen LogP contribution in [-0.2, 0) is 6.42 Å². The number of hydrogen-bond acceptors (Lipinski definition) is 5. The molecule has 0 unspecified atom stereocenters. The molecule has 3 aromatic carbocycles. The number of anilines is 1. The van der Waals surface area contributed by atoms with Crippen LogP contribution < -0.4 is 15.5 Å². The first kappa shape index (κ1) is 24.1. The molecule has 7 nitrogen and oxygen atoms in total. The Labute approximate surface area is 215 Å². The summed E-state index contributed by atoms with van der Waals surface area (Å²) < 4.78 is 11.8. The summed E-state index contributed by atoms with van der Waals surface area (Å²) in [6, 6.07) is 24.0. The molecule has 2 amide bonds. The standard InChI is InChI=1S/C30H27N3O4/c1-19-8-6-9-21(18-19)29(34)33-32-25-12-7-13-26-27(25)20(2)28(37-26)30(35)31-22-14-16-24(17-15-22)36-23-10-4-3-5-11-23/h3-6,8-11,14-18H,7,12-13H2,1-2H3,(H,31,35)(H,33,34)/b32-25+. The fraction of sp³-hybridized carbons (Fsp3) is 0.167. The number of carbonyl (C=O) groups is 2. The van der Waals surface area contributed by atoms with Gasteiger partial charge in [0.2, 0.25) is 0 Å². The molecule has 1 aliphatic carbocycles. The van der Waals surface area contributed by atoms with Gasteiger partial charge in [0.25, 0.3) is 11.8 Å². The van der Waals surface area contributed by atoms with Gasteiger partial charge in [0.15, 0.2) is 5.76 Å². The predicted octanol–water partition coefficient (Wildman–Crippen LogP) is 6.41. The molecule has 37 heavy (non-hydrogen) atoms. The monoisotopic (exact) mass is 493 g/mol. The normalized spacial score (nSPS) is 13.6. The van der Waals surface area contributed by atoms with Gasteiger partial charge in [-0.3, -0.25) is 9.59 Å². The maximum Gasteiger partial charge on any atom is 0.291 e. The van der Waals surface area contributed by atoms with E-state index >= 15 is 0 Å². The minimum absolute atomic E-state index is 0.245. The van der Waals surface area contributed by atoms with Crippen molar-refractivity contribution in [3.63, 3.8) is 0 Å². The summed E-state index contributed by atoms with van der Waals surface area (Å²) in [7, 11) is 0. The van der Waals surface area contributed by atoms with Crippen LogP contribution in [-0.4, -0.2) is 17.5 Å². The molecule has 0 spiro atoms. The number of benzene rings is 3. The molecule has 1 heterocycles. The van der Waals surface area contributed by atoms with Crippen LogP contribution in [0.5, 0.6) is 11.5 Å². The number of para-hydroxylation sites is 1. The Morgan fingerprint density at radius 3 is 2.38 bits per heavy atom. The van der Waals surface area contributed by atoms with Crippen molar-refractivity contribution in [1.29, 1.82) is 0 Å². The second-order valence-corrected chi connectivity index (χ2v) is 8.97. The van der Waals surface area contributed by atoms with Gasteiger partial charge in [0, 0.05) is 28.8 Å². The molecule has 0 fully saturated rings. The molecule has 2 N–H and O–H groups in total. The topological polar surface area (TPSA) is 92.9 Å². The highest BCUT2D eigenvalue weighted by atomic mass is 16.5. The van der Waals surface area contributed by atoms with Crippen LogP contribution in [0.15, 0.2) is 88.4 Å². The van der Waals surface area contributed by atoms with Crippen molar-refractivity contribution >= 4 is 23.2 Å². The number of carbonyl (C=O) groups excluding carboxylic acids is 2. The van der Waals surface area contributed by atoms with Crippen molar-refractivity contribution < 1.29 is 18.7 Å². The van der Waals surface area contributed by atoms with E-state index in [4.69, 9.17) is 9.15 Å². The van der Waals surface area contributed by atoms with Crippen LogP contribution in [0.2, 0.25) is 0 Å². The minimum atomic E-state index is -0.341. The van der Waals surface area contributed by atoms with E-state index in [1.165, 1.54) is 0 Å². The van der Waals surface area contributed by atoms with Gasteiger partial charge in [0.1, 0.15) is 17.3 Å². The molecule has 186 valence electrons. The fourth-order valence-corrected chi connectivity index (χ4v) is 4.38. The average molecular weight is 494 g/mol. The molecule has 4 aromatic rings. The zero-order valence-electron chi connectivity index (χ0n) is 20.7. The summed E-state index contributed by atoms with van der Waals surface area (Å²) in [5, 5.41) is 7.30. The van der Waals surface area contributed by atoms with Gasteiger partial charge in [-0.15, -0.1) is 0 Å². The third kappa shape index (κ3) is 5.46. The molecule has 0 atom stereocenters. The number of fused-ring (bicyclic) bond motifs is 1. The Kier molecular flexibility index (Phi) is 6.85. The van der Waals surface area contributed by atoms with Crippen LogP contribution in [0.25, 0.3) is 0 Å². The maximum absolute atomic E-state index is 13.1. The first-order valence-electron chi connectivity index (χ1n) is 12.2. The summed E-state index contributed by atoms with van der Waals surface area (Å²) in [6.07, 6.45) is 2.22. The summed E-state index contributed by atoms with van der Waals surface area (Å²) in [6.45, 7) is 3.78. The van der Waals surface area contributed by atoms with E-state index in [1.54, 1.807) is 30.3 Å². The van der Waals surface area contributed by atoms with Gasteiger partial charge in [-0.25, -0.2) is 5.43 Å². The largest absolute Gasteiger partial charge is 0.457 e. The van der Waals surface area contributed by atoms with Crippen molar-refractivity contribution in [2.24, 2.45) is 5.10 Å². The molecular formula is C30H27N3O4. The van der Waals surface area contributed by atoms with Crippen molar-refractivity contribution in [2.75, 3.05) is 5.32 Å². The lowest BCUT2D eigenvalue weighted by molar-refractivity contribution is 0.0953. The number of hydrazone groups is 1. The molecule has 0 aliphatic heterocycles. The molecule has 0 bridgehead atoms. The first-order valence-corrected chi connectivity index (χ1v) is 12.2. The Morgan fingerprint density at radius 2 is 1.62 bits per heavy atom. The lowest BCUT2D eigenvalue weighted by atomic mass is 9.93. The number of hydrogen-bond donors (Lipinski definition) is 2. The van der Waals surface area contributed by atoms with Gasteiger partial charge in [0.05, 0.1) is 5.71 Å². The van der Waals surface area contributed by atoms with Crippen LogP contribution in [0.1, 0.15) is 56.2 Å². The predicted molar refractivity (Wildman–Crippen MR) is 142 cm³/mol. The number of furan rings is 1. The molecule has 7 heteroatoms. The number of rotatable bonds is 6. The van der Waals surface area contributed by atoms with E-state index in [0.717, 1.165) is 23.3 Å². The van der Waals surface area contributed by atoms with E-state index in [-0.39, 0.29) is 17.6 Å². The van der Waals surface area contributed by atoms with Crippen molar-refractivity contribution in [2.45, 2.75) is 33.1 Å². The van der Waals surface area contributed by atoms with Gasteiger partial charge in [-0.05, 0) is 75.2 Å². The van der Waals surface area contributed by atoms with Crippen molar-refractivity contribution in [3.05, 3.63) is 113 Å². The minimum Gasteiger partial charge on any atom is -0.457 e. The van der Waals surface area contributed by atoms with E-state index in [1.807, 2.05) is 62.4 Å². The maximum atomic E-state index is 13.1. The van der Waals surface area contributed by atoms with E-state index in [9.17, 15) is 9.59 Å². The summed E-state index contributed by atoms with van der Waals surface area (Å²) in [5.74, 6) is 1.75. The second kappa shape index (κ2) is 10.5. The van der Waals surface area contributed by atoms with Gasteiger partial charge in [-0.2, -0.15) is 5.10 Å². The smallest absolute Gasteiger partial charge is 0.291 e. The third-order valence-electron chi connectivity index (χ3n) is 6.20. The van der Waals surface area contributed by atoms with E-state index < -0.39 is 0 Å². The Morgan fingerprint density at radius 1 is 0.865 bits per heavy atom. The Hall–Kier alpha value is -4.65. The van der Waals surface area contributed by atoms with Crippen LogP contribution in [0.4, 0.5) is 5.69 Å². The quantitative estimate of drug-likeness (QED) is 0.304. The molecule has 0 radical (unpaired) electrons. The average Bonchev–Trinajstić information content (AvgIpc) is 3.26. The zero-order chi connectivity index (χ0) is 25.8. The summed E-state index contributed by atoms with van der Waals surface area (Å²) in [4.78, 5) is 25.6. The van der Waals surface area contributed by atoms with Gasteiger partial charge >= 0.3 is 0 Å². The highest BCUT2D eigenvalue weighted by Crippen LogP contribution is 2.31. The second-order valence-electron chi connectivity index (χ2n) is 8.97. The summed E-state index contributed by atoms with van der Waals surface area (Å²) in [5.41, 5.74) is 7.05. The number of nitrogens with zero attached hydrogens (tertiary/aromatic N) is 1. The number of aryl methyl sites for hydroxylation is 2.